The van der Waals surface area contributed by atoms with Crippen molar-refractivity contribution in [3.63, 3.8) is 0 Å². The van der Waals surface area contributed by atoms with Crippen molar-refractivity contribution in [3.8, 4) is 80.1 Å². The standard InChI is InChI=1S/C62H51Cl2N7O19/c1-85-62(84)52-35-20-31(73)21-41(76)47(35)34-14-26(4-6-39(34)74)49-58(80)71-53(61(83)70-52)54(77)27-5-9-43(37(64)15-27)90-46-18-29-17-45(55(46)87-23-33-22-86-33)89-42-8-2-24(10-36(42)63)11-38-56(78)67-50(59(81)69-51(29)60(82)68-49)28-12-30(72)19-32(13-28)88-44-16-25(3-7-40(44)75)48(65)57(79)66-38/h2-10,12-21,33,38,48-54,72-77H,11,22-23,65H2,1H3,(H,66,79)(H,67,78)(H,68,82)(H,69,81)(H,70,83)(H,71,80)/t33-,38-,48-,49-,50+,51-,52-,53+,54-/m1/s1. The van der Waals surface area contributed by atoms with E-state index in [0.29, 0.717) is 12.2 Å². The first-order valence-corrected chi connectivity index (χ1v) is 28.3. The number of aromatic hydroxyl groups is 5. The van der Waals surface area contributed by atoms with Gasteiger partial charge in [0.25, 0.3) is 0 Å². The summed E-state index contributed by atoms with van der Waals surface area (Å²) < 4.78 is 36.1. The van der Waals surface area contributed by atoms with E-state index >= 15 is 19.2 Å². The van der Waals surface area contributed by atoms with Crippen molar-refractivity contribution in [2.45, 2.75) is 60.9 Å². The quantitative estimate of drug-likeness (QED) is 0.0800. The van der Waals surface area contributed by atoms with Gasteiger partial charge in [-0.3, -0.25) is 28.8 Å². The molecule has 7 heterocycles. The molecule has 7 aliphatic rings. The third-order valence-corrected chi connectivity index (χ3v) is 16.0. The smallest absolute Gasteiger partial charge is 0.333 e. The highest BCUT2D eigenvalue weighted by Crippen LogP contribution is 2.49. The van der Waals surface area contributed by atoms with Gasteiger partial charge in [0.1, 0.15) is 95.3 Å². The number of amides is 6. The topological polar surface area (TPSA) is 398 Å². The molecule has 7 aliphatic heterocycles. The molecule has 0 saturated carbocycles. The number of benzene rings is 7. The number of carbonyl (C=O) groups is 7. The zero-order chi connectivity index (χ0) is 63.6. The van der Waals surface area contributed by atoms with Gasteiger partial charge in [-0.15, -0.1) is 0 Å². The molecule has 1 fully saturated rings. The number of esters is 1. The number of fused-ring (bicyclic) bond motifs is 14. The Labute approximate surface area is 518 Å². The van der Waals surface area contributed by atoms with Crippen molar-refractivity contribution in [1.29, 1.82) is 0 Å². The van der Waals surface area contributed by atoms with Crippen LogP contribution in [-0.4, -0.2) is 111 Å². The second kappa shape index (κ2) is 23.9. The van der Waals surface area contributed by atoms with Crippen LogP contribution in [0, 0.1) is 0 Å². The fourth-order valence-electron chi connectivity index (χ4n) is 10.8. The van der Waals surface area contributed by atoms with Gasteiger partial charge < -0.3 is 96.7 Å². The molecule has 7 aromatic rings. The van der Waals surface area contributed by atoms with E-state index in [9.17, 15) is 45.0 Å². The van der Waals surface area contributed by atoms with E-state index in [4.69, 9.17) is 57.4 Å². The van der Waals surface area contributed by atoms with E-state index in [2.05, 4.69) is 31.9 Å². The molecule has 0 aromatic heterocycles. The van der Waals surface area contributed by atoms with Crippen molar-refractivity contribution >= 4 is 64.6 Å². The maximum atomic E-state index is 16.0. The number of phenolic OH excluding ortho intramolecular Hbond substituents is 5. The molecule has 17 bridgehead atoms. The predicted octanol–water partition coefficient (Wildman–Crippen LogP) is 5.15. The van der Waals surface area contributed by atoms with E-state index in [1.165, 1.54) is 78.9 Å². The lowest BCUT2D eigenvalue weighted by atomic mass is 9.89. The summed E-state index contributed by atoms with van der Waals surface area (Å²) in [6, 6.07) is 9.95. The SMILES string of the molecule is COC(=O)[C@@H]1NC(=O)[C@H]2NC(=O)[C@H](NC(=O)[C@@H]3NC(=O)[C@H]4NC(=O)[C@@H](Cc5ccc(c(Cl)c5)Oc5cc3cc(c5OC[C@H]3CO3)Oc3ccc(cc3Cl)[C@H]2O)NC(=O)[C@H](N)c2ccc(O)c(c2)Oc2cc(O)cc4c2)c2ccc(O)c(c2)-c2c(O)cc(O)cc21. The molecule has 6 amide bonds. The fraction of sp³-hybridized carbons (Fsp3) is 0.210. The molecule has 14 rings (SSSR count). The van der Waals surface area contributed by atoms with Gasteiger partial charge in [-0.25, -0.2) is 4.79 Å². The zero-order valence-electron chi connectivity index (χ0n) is 46.6. The molecule has 28 heteroatoms. The van der Waals surface area contributed by atoms with E-state index < -0.39 is 125 Å². The summed E-state index contributed by atoms with van der Waals surface area (Å²) in [7, 11) is 0.977. The summed E-state index contributed by atoms with van der Waals surface area (Å²) in [4.78, 5) is 105. The summed E-state index contributed by atoms with van der Waals surface area (Å²) in [5.41, 5.74) is 5.09. The van der Waals surface area contributed by atoms with Gasteiger partial charge in [0.2, 0.25) is 41.2 Å². The predicted molar refractivity (Wildman–Crippen MR) is 313 cm³/mol. The molecule has 462 valence electrons. The zero-order valence-corrected chi connectivity index (χ0v) is 48.1. The van der Waals surface area contributed by atoms with Crippen LogP contribution < -0.4 is 56.6 Å². The van der Waals surface area contributed by atoms with Gasteiger partial charge in [-0.1, -0.05) is 47.5 Å². The second-order valence-corrected chi connectivity index (χ2v) is 22.3. The first kappa shape index (κ1) is 59.8. The number of epoxide rings is 1. The lowest BCUT2D eigenvalue weighted by Crippen LogP contribution is -2.55. The largest absolute Gasteiger partial charge is 0.508 e. The molecule has 0 spiro atoms. The number of hydrogen-bond acceptors (Lipinski definition) is 20. The van der Waals surface area contributed by atoms with Crippen LogP contribution in [0.2, 0.25) is 10.0 Å². The number of halogens is 2. The first-order chi connectivity index (χ1) is 43.1. The first-order valence-electron chi connectivity index (χ1n) is 27.5. The van der Waals surface area contributed by atoms with Crippen LogP contribution in [0.25, 0.3) is 11.1 Å². The number of rotatable bonds is 4. The highest BCUT2D eigenvalue weighted by Gasteiger charge is 2.42. The highest BCUT2D eigenvalue weighted by molar-refractivity contribution is 6.32. The summed E-state index contributed by atoms with van der Waals surface area (Å²) in [5, 5.41) is 83.8. The summed E-state index contributed by atoms with van der Waals surface area (Å²) in [6.45, 7) is 0.206. The van der Waals surface area contributed by atoms with Gasteiger partial charge >= 0.3 is 5.97 Å². The Hall–Kier alpha value is -10.5. The number of aliphatic hydroxyl groups is 1. The number of phenols is 5. The number of nitrogens with two attached hydrogens (primary N) is 1. The fourth-order valence-corrected chi connectivity index (χ4v) is 11.3. The van der Waals surface area contributed by atoms with Crippen LogP contribution >= 0.6 is 23.2 Å². The van der Waals surface area contributed by atoms with E-state index in [1.54, 1.807) is 0 Å². The molecule has 26 nitrogen and oxygen atoms in total. The molecule has 7 aromatic carbocycles. The van der Waals surface area contributed by atoms with Gasteiger partial charge in [0, 0.05) is 35.2 Å². The molecule has 0 radical (unpaired) electrons. The Morgan fingerprint density at radius 3 is 1.84 bits per heavy atom. The Balaban J connectivity index is 1.10. The summed E-state index contributed by atoms with van der Waals surface area (Å²) >= 11 is 14.0. The average molecular weight is 1270 g/mol. The molecule has 14 N–H and O–H groups in total. The third kappa shape index (κ3) is 11.9. The third-order valence-electron chi connectivity index (χ3n) is 15.4. The van der Waals surface area contributed by atoms with Crippen LogP contribution in [0.15, 0.2) is 115 Å². The van der Waals surface area contributed by atoms with Crippen LogP contribution in [0.5, 0.6) is 69.0 Å². The number of nitrogens with one attached hydrogen (secondary N) is 6. The van der Waals surface area contributed by atoms with Crippen molar-refractivity contribution in [1.82, 2.24) is 31.9 Å². The minimum Gasteiger partial charge on any atom is -0.508 e. The molecule has 90 heavy (non-hydrogen) atoms. The Morgan fingerprint density at radius 1 is 0.567 bits per heavy atom. The minimum atomic E-state index is -2.13. The van der Waals surface area contributed by atoms with E-state index in [0.717, 1.165) is 43.5 Å². The maximum absolute atomic E-state index is 16.0. The van der Waals surface area contributed by atoms with Gasteiger partial charge in [0.15, 0.2) is 29.0 Å². The average Bonchev–Trinajstić information content (AvgIpc) is 0.839. The van der Waals surface area contributed by atoms with Gasteiger partial charge in [-0.05, 0) is 112 Å². The number of hydrogen-bond donors (Lipinski definition) is 13. The molecule has 9 atom stereocenters. The van der Waals surface area contributed by atoms with Crippen molar-refractivity contribution < 1.29 is 92.6 Å². The molecular weight excluding hydrogens is 1220 g/mol. The number of methoxy groups -OCH3 is 1. The minimum absolute atomic E-state index is 0.0503. The normalized spacial score (nSPS) is 22.8. The van der Waals surface area contributed by atoms with Crippen LogP contribution in [0.1, 0.15) is 75.3 Å². The molecule has 1 saturated heterocycles. The second-order valence-electron chi connectivity index (χ2n) is 21.5. The molecular formula is C62H51Cl2N7O19. The Kier molecular flexibility index (Phi) is 15.9. The highest BCUT2D eigenvalue weighted by atomic mass is 35.5. The van der Waals surface area contributed by atoms with Gasteiger partial charge in [-0.2, -0.15) is 0 Å². The van der Waals surface area contributed by atoms with Crippen molar-refractivity contribution in [2.75, 3.05) is 20.3 Å². The van der Waals surface area contributed by atoms with E-state index in [-0.39, 0.29) is 108 Å². The lowest BCUT2D eigenvalue weighted by Gasteiger charge is -2.31. The number of ether oxygens (including phenoxy) is 6. The monoisotopic (exact) mass is 1270 g/mol. The number of carbonyl (C=O) groups excluding carboxylic acids is 7. The maximum Gasteiger partial charge on any atom is 0.333 e. The summed E-state index contributed by atoms with van der Waals surface area (Å²) in [6.07, 6.45) is -2.80. The summed E-state index contributed by atoms with van der Waals surface area (Å²) in [5.74, 6) is -12.4. The van der Waals surface area contributed by atoms with Crippen molar-refractivity contribution in [2.24, 2.45) is 5.73 Å². The van der Waals surface area contributed by atoms with Crippen molar-refractivity contribution in [3.05, 3.63) is 164 Å². The molecule has 0 aliphatic carbocycles. The van der Waals surface area contributed by atoms with Crippen LogP contribution in [0.4, 0.5) is 0 Å². The Morgan fingerprint density at radius 2 is 1.17 bits per heavy atom. The van der Waals surface area contributed by atoms with E-state index in [1.807, 2.05) is 0 Å². The van der Waals surface area contributed by atoms with Crippen LogP contribution in [-0.2, 0) is 49.5 Å². The lowest BCUT2D eigenvalue weighted by molar-refractivity contribution is -0.146. The van der Waals surface area contributed by atoms with Crippen LogP contribution in [0.3, 0.4) is 0 Å². The molecule has 0 unspecified atom stereocenters. The van der Waals surface area contributed by atoms with Gasteiger partial charge in [0.05, 0.1) is 23.8 Å². The number of aliphatic hydroxyl groups excluding tert-OH is 1. The Bertz CT molecular complexity index is 4190.